The molecule has 1 fully saturated rings. The Labute approximate surface area is 35.9 Å². The van der Waals surface area contributed by atoms with Gasteiger partial charge in [0.05, 0.1) is 6.61 Å². The summed E-state index contributed by atoms with van der Waals surface area (Å²) in [5.41, 5.74) is -0.0880. The average molecular weight is 91.5 g/mol. The molecule has 0 aromatic carbocycles. The van der Waals surface area contributed by atoms with Crippen LogP contribution in [-0.4, -0.2) is 12.2 Å². The van der Waals surface area contributed by atoms with Crippen molar-refractivity contribution in [1.29, 1.82) is 0 Å². The van der Waals surface area contributed by atoms with Gasteiger partial charge in [0.1, 0.15) is 5.56 Å². The predicted molar refractivity (Wildman–Crippen MR) is 19.9 cm³/mol. The number of ether oxygens (including phenoxy) is 1. The maximum Gasteiger partial charge on any atom is 0.136 e. The summed E-state index contributed by atoms with van der Waals surface area (Å²) in [6.07, 6.45) is 1.89. The predicted octanol–water partition coefficient (Wildman–Crippen LogP) is 0.786. The highest BCUT2D eigenvalue weighted by atomic mass is 35.5. The van der Waals surface area contributed by atoms with E-state index in [1.807, 2.05) is 6.42 Å². The fraction of sp³-hybridized carbons (Fsp3) is 0.667. The van der Waals surface area contributed by atoms with E-state index in [2.05, 4.69) is 4.74 Å². The largest absolute Gasteiger partial charge is 0.362 e. The molecule has 1 atom stereocenters. The summed E-state index contributed by atoms with van der Waals surface area (Å²) >= 11 is 5.27. The van der Waals surface area contributed by atoms with Crippen molar-refractivity contribution in [3.63, 3.8) is 0 Å². The second-order valence-electron chi connectivity index (χ2n) is 0.920. The van der Waals surface area contributed by atoms with E-state index < -0.39 is 0 Å². The average Bonchev–Trinajstić information content (AvgIpc) is 1.30. The molecule has 1 nitrogen and oxygen atoms in total. The summed E-state index contributed by atoms with van der Waals surface area (Å²) in [5.74, 6) is 0. The lowest BCUT2D eigenvalue weighted by Gasteiger charge is -2.17. The van der Waals surface area contributed by atoms with E-state index >= 15 is 0 Å². The molecule has 1 unspecified atom stereocenters. The number of alkyl halides is 1. The SMILES string of the molecule is ClC1[CH]CO1. The van der Waals surface area contributed by atoms with Crippen LogP contribution in [0.4, 0.5) is 0 Å². The summed E-state index contributed by atoms with van der Waals surface area (Å²) in [7, 11) is 0. The molecule has 0 saturated carbocycles. The third-order valence-corrected chi connectivity index (χ3v) is 0.841. The van der Waals surface area contributed by atoms with Gasteiger partial charge in [-0.3, -0.25) is 0 Å². The minimum absolute atomic E-state index is 0.0880. The molecule has 29 valence electrons. The Hall–Kier alpha value is 0.250. The second kappa shape index (κ2) is 1.15. The number of halogens is 1. The topological polar surface area (TPSA) is 9.23 Å². The van der Waals surface area contributed by atoms with Gasteiger partial charge in [0, 0.05) is 6.42 Å². The van der Waals surface area contributed by atoms with Gasteiger partial charge in [-0.05, 0) is 0 Å². The molecule has 1 aliphatic rings. The zero-order valence-corrected chi connectivity index (χ0v) is 3.40. The molecule has 0 spiro atoms. The van der Waals surface area contributed by atoms with Crippen LogP contribution < -0.4 is 0 Å². The van der Waals surface area contributed by atoms with Gasteiger partial charge in [0.15, 0.2) is 0 Å². The summed E-state index contributed by atoms with van der Waals surface area (Å²) < 4.78 is 4.64. The standard InChI is InChI=1S/C3H4ClO/c4-3-1-2-5-3/h1,3H,2H2. The Morgan fingerprint density at radius 2 is 2.40 bits per heavy atom. The minimum atomic E-state index is -0.0880. The van der Waals surface area contributed by atoms with Crippen molar-refractivity contribution in [3.05, 3.63) is 6.42 Å². The van der Waals surface area contributed by atoms with Gasteiger partial charge in [0.2, 0.25) is 0 Å². The van der Waals surface area contributed by atoms with Crippen LogP contribution in [-0.2, 0) is 4.74 Å². The van der Waals surface area contributed by atoms with E-state index in [4.69, 9.17) is 11.6 Å². The molecule has 1 aliphatic heterocycles. The van der Waals surface area contributed by atoms with Crippen molar-refractivity contribution in [2.45, 2.75) is 5.56 Å². The molecule has 1 saturated heterocycles. The first-order chi connectivity index (χ1) is 2.39. The van der Waals surface area contributed by atoms with Gasteiger partial charge < -0.3 is 4.74 Å². The molecule has 0 aromatic heterocycles. The van der Waals surface area contributed by atoms with Gasteiger partial charge >= 0.3 is 0 Å². The molecule has 2 heteroatoms. The second-order valence-corrected chi connectivity index (χ2v) is 1.35. The molecule has 1 rings (SSSR count). The smallest absolute Gasteiger partial charge is 0.136 e. The monoisotopic (exact) mass is 91.0 g/mol. The minimum Gasteiger partial charge on any atom is -0.362 e. The molecule has 5 heavy (non-hydrogen) atoms. The van der Waals surface area contributed by atoms with Gasteiger partial charge in [-0.2, -0.15) is 0 Å². The van der Waals surface area contributed by atoms with Gasteiger partial charge in [-0.1, -0.05) is 11.6 Å². The van der Waals surface area contributed by atoms with E-state index in [-0.39, 0.29) is 5.56 Å². The highest BCUT2D eigenvalue weighted by molar-refractivity contribution is 6.21. The van der Waals surface area contributed by atoms with Crippen LogP contribution in [0.25, 0.3) is 0 Å². The van der Waals surface area contributed by atoms with E-state index in [0.29, 0.717) is 0 Å². The van der Waals surface area contributed by atoms with Gasteiger partial charge in [0.25, 0.3) is 0 Å². The number of hydrogen-bond acceptors (Lipinski definition) is 1. The first-order valence-electron chi connectivity index (χ1n) is 1.48. The van der Waals surface area contributed by atoms with E-state index in [1.165, 1.54) is 0 Å². The van der Waals surface area contributed by atoms with E-state index in [9.17, 15) is 0 Å². The Kier molecular flexibility index (Phi) is 0.791. The quantitative estimate of drug-likeness (QED) is 0.401. The fourth-order valence-electron chi connectivity index (χ4n) is 0.169. The summed E-state index contributed by atoms with van der Waals surface area (Å²) in [4.78, 5) is 0. The third kappa shape index (κ3) is 0.551. The lowest BCUT2D eigenvalue weighted by molar-refractivity contribution is 0.0648. The van der Waals surface area contributed by atoms with Gasteiger partial charge in [-0.25, -0.2) is 0 Å². The highest BCUT2D eigenvalue weighted by Gasteiger charge is 2.12. The van der Waals surface area contributed by atoms with Crippen molar-refractivity contribution >= 4 is 11.6 Å². The molecule has 1 heterocycles. The number of hydrogen-bond donors (Lipinski definition) is 0. The van der Waals surface area contributed by atoms with Crippen molar-refractivity contribution in [1.82, 2.24) is 0 Å². The van der Waals surface area contributed by atoms with Crippen LogP contribution in [0.3, 0.4) is 0 Å². The maximum absolute atomic E-state index is 5.27. The summed E-state index contributed by atoms with van der Waals surface area (Å²) in [6.45, 7) is 0.730. The first-order valence-corrected chi connectivity index (χ1v) is 1.92. The van der Waals surface area contributed by atoms with Crippen LogP contribution in [0.15, 0.2) is 0 Å². The molecule has 1 radical (unpaired) electrons. The lowest BCUT2D eigenvalue weighted by atomic mass is 10.4. The normalized spacial score (nSPS) is 36.6. The molecule has 0 bridgehead atoms. The van der Waals surface area contributed by atoms with Crippen molar-refractivity contribution in [2.75, 3.05) is 6.61 Å². The molecule has 0 N–H and O–H groups in total. The maximum atomic E-state index is 5.27. The zero-order valence-electron chi connectivity index (χ0n) is 2.65. The van der Waals surface area contributed by atoms with Crippen LogP contribution in [0, 0.1) is 6.42 Å². The fourth-order valence-corrected chi connectivity index (χ4v) is 0.314. The van der Waals surface area contributed by atoms with Crippen molar-refractivity contribution in [2.24, 2.45) is 0 Å². The molecule has 0 amide bonds. The lowest BCUT2D eigenvalue weighted by Crippen LogP contribution is -2.20. The van der Waals surface area contributed by atoms with Gasteiger partial charge in [-0.15, -0.1) is 0 Å². The van der Waals surface area contributed by atoms with Crippen LogP contribution in [0.2, 0.25) is 0 Å². The van der Waals surface area contributed by atoms with Crippen LogP contribution in [0.1, 0.15) is 0 Å². The molecule has 0 aliphatic carbocycles. The molecule has 0 aromatic rings. The Morgan fingerprint density at radius 1 is 2.00 bits per heavy atom. The van der Waals surface area contributed by atoms with Crippen molar-refractivity contribution in [3.8, 4) is 0 Å². The Bertz CT molecular complexity index is 33.9. The van der Waals surface area contributed by atoms with E-state index in [1.54, 1.807) is 0 Å². The highest BCUT2D eigenvalue weighted by Crippen LogP contribution is 2.11. The van der Waals surface area contributed by atoms with E-state index in [0.717, 1.165) is 6.61 Å². The third-order valence-electron chi connectivity index (χ3n) is 0.537. The number of rotatable bonds is 0. The Morgan fingerprint density at radius 3 is 2.40 bits per heavy atom. The summed E-state index contributed by atoms with van der Waals surface area (Å²) in [6, 6.07) is 0. The van der Waals surface area contributed by atoms with Crippen LogP contribution in [0.5, 0.6) is 0 Å². The zero-order chi connectivity index (χ0) is 3.70. The Balaban J connectivity index is 2.08. The summed E-state index contributed by atoms with van der Waals surface area (Å²) in [5, 5.41) is 0. The molecular weight excluding hydrogens is 87.5 g/mol. The first kappa shape index (κ1) is 3.44. The molecular formula is C3H4ClO. The van der Waals surface area contributed by atoms with Crippen LogP contribution >= 0.6 is 11.6 Å². The van der Waals surface area contributed by atoms with Crippen molar-refractivity contribution < 1.29 is 4.74 Å².